The second-order valence-electron chi connectivity index (χ2n) is 6.09. The van der Waals surface area contributed by atoms with Crippen molar-refractivity contribution >= 4 is 34.5 Å². The van der Waals surface area contributed by atoms with Gasteiger partial charge >= 0.3 is 0 Å². The quantitative estimate of drug-likeness (QED) is 0.579. The number of halogens is 2. The number of aromatic nitrogens is 1. The lowest BCUT2D eigenvalue weighted by molar-refractivity contribution is 0.0960. The monoisotopic (exact) mass is 431 g/mol. The van der Waals surface area contributed by atoms with Crippen LogP contribution in [0.3, 0.4) is 0 Å². The van der Waals surface area contributed by atoms with Gasteiger partial charge in [0.1, 0.15) is 5.82 Å². The van der Waals surface area contributed by atoms with Crippen molar-refractivity contribution in [2.75, 3.05) is 11.6 Å². The molecule has 2 aromatic heterocycles. The van der Waals surface area contributed by atoms with Crippen LogP contribution in [-0.2, 0) is 0 Å². The molecule has 0 saturated heterocycles. The Labute approximate surface area is 174 Å². The zero-order chi connectivity index (χ0) is 20.4. The van der Waals surface area contributed by atoms with Crippen molar-refractivity contribution in [2.24, 2.45) is 0 Å². The molecule has 0 bridgehead atoms. The summed E-state index contributed by atoms with van der Waals surface area (Å²) in [7, 11) is 0. The summed E-state index contributed by atoms with van der Waals surface area (Å²) in [6.45, 7) is 0.219. The maximum absolute atomic E-state index is 14.6. The third-order valence-electron chi connectivity index (χ3n) is 4.15. The summed E-state index contributed by atoms with van der Waals surface area (Å²) in [6, 6.07) is 12.5. The van der Waals surface area contributed by atoms with E-state index in [2.05, 4.69) is 16.3 Å². The molecule has 1 aliphatic heterocycles. The second-order valence-corrected chi connectivity index (χ2v) is 7.81. The molecule has 1 aromatic carbocycles. The van der Waals surface area contributed by atoms with Gasteiger partial charge in [-0.2, -0.15) is 0 Å². The van der Waals surface area contributed by atoms with Crippen LogP contribution < -0.4 is 26.8 Å². The van der Waals surface area contributed by atoms with Gasteiger partial charge < -0.3 is 10.7 Å². The van der Waals surface area contributed by atoms with Gasteiger partial charge in [-0.05, 0) is 30.3 Å². The first-order valence-electron chi connectivity index (χ1n) is 8.54. The molecular formula is C19H15ClFN5O2S. The van der Waals surface area contributed by atoms with Crippen molar-refractivity contribution in [3.63, 3.8) is 0 Å². The molecule has 0 radical (unpaired) electrons. The van der Waals surface area contributed by atoms with E-state index in [1.165, 1.54) is 33.0 Å². The summed E-state index contributed by atoms with van der Waals surface area (Å²) in [5, 5.41) is 4.22. The molecular weight excluding hydrogens is 417 g/mol. The van der Waals surface area contributed by atoms with Crippen LogP contribution in [-0.4, -0.2) is 17.0 Å². The molecule has 10 heteroatoms. The van der Waals surface area contributed by atoms with Gasteiger partial charge in [-0.25, -0.2) is 4.39 Å². The van der Waals surface area contributed by atoms with Crippen LogP contribution in [0.4, 0.5) is 10.1 Å². The minimum atomic E-state index is -0.512. The Bertz CT molecular complexity index is 1160. The largest absolute Gasteiger partial charge is 0.346 e. The van der Waals surface area contributed by atoms with Gasteiger partial charge in [-0.3, -0.25) is 19.2 Å². The fourth-order valence-electron chi connectivity index (χ4n) is 2.75. The van der Waals surface area contributed by atoms with Crippen molar-refractivity contribution in [3.8, 4) is 5.69 Å². The molecule has 0 saturated carbocycles. The Balaban J connectivity index is 1.45. The molecule has 4 rings (SSSR count). The highest BCUT2D eigenvalue weighted by Crippen LogP contribution is 2.23. The van der Waals surface area contributed by atoms with E-state index in [4.69, 9.17) is 11.6 Å². The Hall–Kier alpha value is -3.14. The topological polar surface area (TPSA) is 78.4 Å². The highest BCUT2D eigenvalue weighted by molar-refractivity contribution is 7.17. The van der Waals surface area contributed by atoms with Crippen LogP contribution in [0.2, 0.25) is 4.34 Å². The van der Waals surface area contributed by atoms with E-state index in [-0.39, 0.29) is 23.7 Å². The molecule has 148 valence electrons. The highest BCUT2D eigenvalue weighted by atomic mass is 35.5. The molecule has 3 N–H and O–H groups in total. The van der Waals surface area contributed by atoms with Gasteiger partial charge in [0.25, 0.3) is 11.5 Å². The van der Waals surface area contributed by atoms with Crippen molar-refractivity contribution in [3.05, 3.63) is 92.0 Å². The van der Waals surface area contributed by atoms with Crippen molar-refractivity contribution in [1.82, 2.24) is 20.8 Å². The summed E-state index contributed by atoms with van der Waals surface area (Å²) in [4.78, 5) is 24.5. The van der Waals surface area contributed by atoms with E-state index in [1.54, 1.807) is 48.8 Å². The second kappa shape index (κ2) is 8.08. The molecule has 7 nitrogen and oxygen atoms in total. The van der Waals surface area contributed by atoms with Crippen LogP contribution in [0.1, 0.15) is 9.67 Å². The molecule has 3 aromatic rings. The molecule has 0 fully saturated rings. The number of carbonyl (C=O) groups excluding carboxylic acids is 1. The number of pyridine rings is 1. The Morgan fingerprint density at radius 2 is 2.07 bits per heavy atom. The summed E-state index contributed by atoms with van der Waals surface area (Å²) in [6.07, 6.45) is 3.21. The van der Waals surface area contributed by atoms with Crippen LogP contribution in [0, 0.1) is 5.82 Å². The van der Waals surface area contributed by atoms with Crippen LogP contribution >= 0.6 is 22.9 Å². The lowest BCUT2D eigenvalue weighted by Gasteiger charge is -2.17. The molecule has 0 atom stereocenters. The Kier molecular flexibility index (Phi) is 5.34. The average molecular weight is 432 g/mol. The summed E-state index contributed by atoms with van der Waals surface area (Å²) >= 11 is 7.03. The summed E-state index contributed by atoms with van der Waals surface area (Å²) < 4.78 is 16.5. The highest BCUT2D eigenvalue weighted by Gasteiger charge is 2.18. The van der Waals surface area contributed by atoms with E-state index in [0.29, 0.717) is 20.6 Å². The number of hydrogen-bond acceptors (Lipinski definition) is 6. The molecule has 29 heavy (non-hydrogen) atoms. The van der Waals surface area contributed by atoms with E-state index >= 15 is 0 Å². The van der Waals surface area contributed by atoms with Gasteiger partial charge in [-0.15, -0.1) is 16.9 Å². The van der Waals surface area contributed by atoms with Gasteiger partial charge in [-0.1, -0.05) is 17.7 Å². The fraction of sp³-hybridized carbons (Fsp3) is 0.0526. The normalized spacial score (nSPS) is 13.2. The van der Waals surface area contributed by atoms with Gasteiger partial charge in [0.2, 0.25) is 0 Å². The number of nitrogens with zero attached hydrogens (tertiary/aromatic N) is 2. The lowest BCUT2D eigenvalue weighted by Crippen LogP contribution is -2.38. The summed E-state index contributed by atoms with van der Waals surface area (Å²) in [5.41, 5.74) is 6.78. The molecule has 0 spiro atoms. The van der Waals surface area contributed by atoms with E-state index < -0.39 is 5.82 Å². The Morgan fingerprint density at radius 3 is 2.79 bits per heavy atom. The number of benzene rings is 1. The molecule has 1 amide bonds. The van der Waals surface area contributed by atoms with Crippen LogP contribution in [0.5, 0.6) is 0 Å². The van der Waals surface area contributed by atoms with E-state index in [1.807, 2.05) is 0 Å². The van der Waals surface area contributed by atoms with Crippen molar-refractivity contribution in [1.29, 1.82) is 0 Å². The number of anilines is 1. The maximum atomic E-state index is 14.6. The predicted molar refractivity (Wildman–Crippen MR) is 110 cm³/mol. The number of nitrogens with one attached hydrogen (secondary N) is 3. The first-order chi connectivity index (χ1) is 14.0. The van der Waals surface area contributed by atoms with Gasteiger partial charge in [0, 0.05) is 24.5 Å². The first-order valence-corrected chi connectivity index (χ1v) is 9.73. The third kappa shape index (κ3) is 4.16. The minimum Gasteiger partial charge on any atom is -0.346 e. The van der Waals surface area contributed by atoms with E-state index in [9.17, 15) is 14.0 Å². The number of rotatable bonds is 5. The minimum absolute atomic E-state index is 0.219. The molecule has 0 aliphatic carbocycles. The SMILES string of the molecule is O=C(NCC1=CN(c2ccc(-n3ccccc3=O)cc2F)NN1)c1ccc(Cl)s1. The standard InChI is InChI=1S/C19H15ClFN5O2S/c20-17-7-6-16(29-17)19(28)22-10-12-11-26(24-23-12)15-5-4-13(9-14(15)21)25-8-2-1-3-18(25)27/h1-9,11,23-24H,10H2,(H,22,28). The maximum Gasteiger partial charge on any atom is 0.261 e. The van der Waals surface area contributed by atoms with Crippen molar-refractivity contribution < 1.29 is 9.18 Å². The molecule has 0 unspecified atom stereocenters. The first kappa shape index (κ1) is 19.2. The van der Waals surface area contributed by atoms with E-state index in [0.717, 1.165) is 0 Å². The number of hydrazine groups is 2. The average Bonchev–Trinajstić information content (AvgIpc) is 3.35. The third-order valence-corrected chi connectivity index (χ3v) is 5.38. The summed E-state index contributed by atoms with van der Waals surface area (Å²) in [5.74, 6) is -0.755. The Morgan fingerprint density at radius 1 is 1.21 bits per heavy atom. The van der Waals surface area contributed by atoms with Gasteiger partial charge in [0.15, 0.2) is 0 Å². The number of thiophene rings is 1. The smallest absolute Gasteiger partial charge is 0.261 e. The fourth-order valence-corrected chi connectivity index (χ4v) is 3.71. The number of carbonyl (C=O) groups is 1. The van der Waals surface area contributed by atoms with Crippen molar-refractivity contribution in [2.45, 2.75) is 0 Å². The zero-order valence-electron chi connectivity index (χ0n) is 14.9. The zero-order valence-corrected chi connectivity index (χ0v) is 16.4. The molecule has 1 aliphatic rings. The predicted octanol–water partition coefficient (Wildman–Crippen LogP) is 2.79. The number of hydrogen-bond donors (Lipinski definition) is 3. The molecule has 3 heterocycles. The van der Waals surface area contributed by atoms with Gasteiger partial charge in [0.05, 0.1) is 32.8 Å². The van der Waals surface area contributed by atoms with Crippen LogP contribution in [0.25, 0.3) is 5.69 Å². The van der Waals surface area contributed by atoms with Crippen LogP contribution in [0.15, 0.2) is 71.4 Å². The number of amides is 1. The lowest BCUT2D eigenvalue weighted by atomic mass is 10.2.